The molecule has 16 heteroatoms. The average Bonchev–Trinajstić information content (AvgIpc) is 3.30. The summed E-state index contributed by atoms with van der Waals surface area (Å²) in [6, 6.07) is -1.20. The Hall–Kier alpha value is -3.51. The van der Waals surface area contributed by atoms with Crippen LogP contribution in [0, 0.1) is 35.5 Å². The van der Waals surface area contributed by atoms with Crippen molar-refractivity contribution in [1.82, 2.24) is 4.90 Å². The summed E-state index contributed by atoms with van der Waals surface area (Å²) in [5.41, 5.74) is 1.21. The third-order valence-corrected chi connectivity index (χ3v) is 14.7. The Balaban J connectivity index is 1.70. The summed E-state index contributed by atoms with van der Waals surface area (Å²) in [7, 11) is 4.36. The van der Waals surface area contributed by atoms with Crippen LogP contribution >= 0.6 is 0 Å². The fourth-order valence-corrected chi connectivity index (χ4v) is 10.4. The highest BCUT2D eigenvalue weighted by molar-refractivity contribution is 6.39. The highest BCUT2D eigenvalue weighted by Gasteiger charge is 2.53. The number of esters is 1. The largest absolute Gasteiger partial charge is 0.460 e. The minimum absolute atomic E-state index is 0.00400. The van der Waals surface area contributed by atoms with Gasteiger partial charge in [0, 0.05) is 58.5 Å². The van der Waals surface area contributed by atoms with Crippen LogP contribution in [0.3, 0.4) is 0 Å². The van der Waals surface area contributed by atoms with E-state index in [-0.39, 0.29) is 42.8 Å². The van der Waals surface area contributed by atoms with Gasteiger partial charge in [-0.15, -0.1) is 0 Å². The summed E-state index contributed by atoms with van der Waals surface area (Å²) in [5, 5.41) is 23.4. The van der Waals surface area contributed by atoms with E-state index < -0.39 is 102 Å². The molecule has 2 bridgehead atoms. The number of rotatable bonds is 8. The number of hydrogen-bond acceptors (Lipinski definition) is 13. The Morgan fingerprint density at radius 1 is 0.853 bits per heavy atom. The van der Waals surface area contributed by atoms with Gasteiger partial charge in [-0.05, 0) is 107 Å². The number of methoxy groups -OCH3 is 3. The van der Waals surface area contributed by atoms with Gasteiger partial charge in [-0.25, -0.2) is 4.79 Å². The number of fused-ring (bicyclic) bond motifs is 3. The number of aliphatic hydroxyl groups excluding tert-OH is 1. The number of amides is 1. The number of carbonyl (C=O) groups is 5. The number of allylic oxidation sites excluding steroid dienone is 6. The quantitative estimate of drug-likeness (QED) is 0.139. The third-order valence-electron chi connectivity index (χ3n) is 14.7. The zero-order valence-corrected chi connectivity index (χ0v) is 41.9. The van der Waals surface area contributed by atoms with Gasteiger partial charge in [-0.1, -0.05) is 71.1 Å². The molecule has 1 aliphatic carbocycles. The van der Waals surface area contributed by atoms with E-state index in [1.54, 1.807) is 40.9 Å². The molecule has 0 aromatic carbocycles. The summed E-state index contributed by atoms with van der Waals surface area (Å²) in [6.45, 7) is 9.53. The van der Waals surface area contributed by atoms with E-state index in [1.165, 1.54) is 14.2 Å². The molecule has 14 nitrogen and oxygen atoms in total. The normalized spacial score (nSPS) is 39.2. The van der Waals surface area contributed by atoms with Crippen molar-refractivity contribution in [2.75, 3.05) is 27.9 Å². The highest BCUT2D eigenvalue weighted by atomic mass is 19.3. The van der Waals surface area contributed by atoms with Crippen LogP contribution in [-0.4, -0.2) is 133 Å². The van der Waals surface area contributed by atoms with E-state index in [9.17, 15) is 43.0 Å². The molecule has 0 aromatic rings. The fourth-order valence-electron chi connectivity index (χ4n) is 10.4. The van der Waals surface area contributed by atoms with E-state index in [4.69, 9.17) is 28.4 Å². The predicted octanol–water partition coefficient (Wildman–Crippen LogP) is 7.43. The van der Waals surface area contributed by atoms with E-state index in [0.717, 1.165) is 10.5 Å². The third kappa shape index (κ3) is 15.2. The van der Waals surface area contributed by atoms with Crippen molar-refractivity contribution >= 4 is 29.2 Å². The molecule has 2 saturated heterocycles. The van der Waals surface area contributed by atoms with Crippen molar-refractivity contribution in [3.05, 3.63) is 47.6 Å². The summed E-state index contributed by atoms with van der Waals surface area (Å²) in [5.74, 6) is -8.65. The lowest BCUT2D eigenvalue weighted by atomic mass is 9.78. The molecule has 4 aliphatic rings. The second-order valence-corrected chi connectivity index (χ2v) is 20.0. The van der Waals surface area contributed by atoms with Crippen LogP contribution in [0.15, 0.2) is 47.6 Å². The molecule has 1 amide bonds. The maximum atomic E-state index is 14.4. The van der Waals surface area contributed by atoms with Crippen LogP contribution in [0.5, 0.6) is 0 Å². The van der Waals surface area contributed by atoms with Gasteiger partial charge in [0.05, 0.1) is 24.4 Å². The number of ketones is 3. The van der Waals surface area contributed by atoms with E-state index >= 15 is 0 Å². The Labute approximate surface area is 402 Å². The van der Waals surface area contributed by atoms with Crippen molar-refractivity contribution < 1.29 is 71.4 Å². The molecule has 68 heavy (non-hydrogen) atoms. The number of aliphatic hydroxyl groups is 2. The maximum absolute atomic E-state index is 14.4. The van der Waals surface area contributed by atoms with Gasteiger partial charge in [0.1, 0.15) is 30.1 Å². The zero-order chi connectivity index (χ0) is 50.5. The van der Waals surface area contributed by atoms with Crippen LogP contribution in [0.4, 0.5) is 8.78 Å². The van der Waals surface area contributed by atoms with Crippen molar-refractivity contribution in [3.8, 4) is 0 Å². The van der Waals surface area contributed by atoms with Gasteiger partial charge in [0.15, 0.2) is 5.78 Å². The molecule has 0 radical (unpaired) electrons. The van der Waals surface area contributed by atoms with Gasteiger partial charge in [-0.2, -0.15) is 8.78 Å². The monoisotopic (exact) mass is 964 g/mol. The first-order valence-electron chi connectivity index (χ1n) is 24.6. The highest BCUT2D eigenvalue weighted by Crippen LogP contribution is 2.38. The number of halogens is 2. The van der Waals surface area contributed by atoms with Crippen molar-refractivity contribution in [2.24, 2.45) is 35.5 Å². The number of cyclic esters (lactones) is 1. The van der Waals surface area contributed by atoms with Gasteiger partial charge in [0.25, 0.3) is 11.7 Å². The molecule has 3 fully saturated rings. The predicted molar refractivity (Wildman–Crippen MR) is 250 cm³/mol. The number of nitrogens with zero attached hydrogens (tertiary/aromatic N) is 1. The first-order valence-corrected chi connectivity index (χ1v) is 24.6. The van der Waals surface area contributed by atoms with Gasteiger partial charge < -0.3 is 43.5 Å². The number of ether oxygens (including phenoxy) is 6. The zero-order valence-electron chi connectivity index (χ0n) is 41.9. The minimum Gasteiger partial charge on any atom is -0.460 e. The van der Waals surface area contributed by atoms with Crippen molar-refractivity contribution in [1.29, 1.82) is 0 Å². The minimum atomic E-state index is -2.95. The number of hydrogen-bond donors (Lipinski definition) is 2. The lowest BCUT2D eigenvalue weighted by Gasteiger charge is -2.42. The van der Waals surface area contributed by atoms with Crippen molar-refractivity contribution in [3.63, 3.8) is 0 Å². The molecule has 0 unspecified atom stereocenters. The first kappa shape index (κ1) is 57.1. The molecular weight excluding hydrogens is 885 g/mol. The standard InChI is InChI=1S/C52H79F2NO13/c1-30-16-12-11-13-17-31(2)42(63-8)28-38-21-19-36(7)52(62,68-38)48(59)49(60)55-23-15-14-18-39(55)50(61)66-43(33(4)26-37-20-22-41(67-51(53)54)44(27-37)64-9)29-40(56)32(3)25-35(6)46(58)47(65-10)45(57)34(5)24-30/h11-13,16-17,25,30,32-34,36-39,41-44,46-47,51,58,62H,14-15,18-24,26-29H2,1-10H3/b13-11+,16-12+,31-17+,35-25+/t30-,32-,33-,34-,36-,37+,38+,39+,41-,42+,43+,44-,46-,47+,52-/m1/s1. The average molecular weight is 964 g/mol. The number of piperidine rings is 1. The molecule has 1 saturated carbocycles. The van der Waals surface area contributed by atoms with E-state index in [2.05, 4.69) is 0 Å². The first-order chi connectivity index (χ1) is 32.1. The second-order valence-electron chi connectivity index (χ2n) is 20.0. The molecular formula is C52H79F2NO13. The molecule has 0 aromatic heterocycles. The smallest absolute Gasteiger partial charge is 0.345 e. The Kier molecular flexibility index (Phi) is 22.3. The summed E-state index contributed by atoms with van der Waals surface area (Å²) in [6.07, 6.45) is 9.32. The van der Waals surface area contributed by atoms with Crippen molar-refractivity contribution in [2.45, 2.75) is 187 Å². The Bertz CT molecular complexity index is 1830. The van der Waals surface area contributed by atoms with E-state index in [0.29, 0.717) is 69.8 Å². The number of carbonyl (C=O) groups excluding carboxylic acids is 5. The molecule has 0 spiro atoms. The molecule has 384 valence electrons. The van der Waals surface area contributed by atoms with E-state index in [1.807, 2.05) is 51.2 Å². The molecule has 15 atom stereocenters. The second kappa shape index (κ2) is 26.6. The fraction of sp³-hybridized carbons (Fsp3) is 0.750. The Morgan fingerprint density at radius 3 is 2.24 bits per heavy atom. The molecule has 3 aliphatic heterocycles. The summed E-state index contributed by atoms with van der Waals surface area (Å²) >= 11 is 0. The van der Waals surface area contributed by atoms with Crippen LogP contribution in [0.1, 0.15) is 126 Å². The van der Waals surface area contributed by atoms with Gasteiger partial charge >= 0.3 is 12.6 Å². The maximum Gasteiger partial charge on any atom is 0.345 e. The topological polar surface area (TPSA) is 184 Å². The lowest BCUT2D eigenvalue weighted by Crippen LogP contribution is -2.61. The van der Waals surface area contributed by atoms with Crippen LogP contribution in [0.25, 0.3) is 0 Å². The van der Waals surface area contributed by atoms with Crippen LogP contribution in [0.2, 0.25) is 0 Å². The SMILES string of the molecule is CO[C@H]1C[C@@H]2CC[C@@H](C)[C@@](O)(O2)C(=O)C(=O)N2CCCC[C@H]2C(=O)O[C@H]([C@H](C)C[C@@H]2CC[C@@H](OC(F)F)[C@H](OC)C2)CC(=O)[C@H](C)/C=C(\C)[C@@H](O)[C@@H](OC)C(=O)[C@H](C)C[C@H](C)/C=C/C=C/C=C/1C. The number of alkyl halides is 2. The van der Waals surface area contributed by atoms with Crippen LogP contribution < -0.4 is 0 Å². The summed E-state index contributed by atoms with van der Waals surface area (Å²) < 4.78 is 60.6. The number of Topliss-reactive ketones (excluding diaryl/α,β-unsaturated/α-hetero) is 3. The molecule has 2 N–H and O–H groups in total. The lowest BCUT2D eigenvalue weighted by molar-refractivity contribution is -0.265. The van der Waals surface area contributed by atoms with Crippen LogP contribution in [-0.2, 0) is 52.4 Å². The Morgan fingerprint density at radius 2 is 1.57 bits per heavy atom. The molecule has 3 heterocycles. The molecule has 4 rings (SSSR count). The summed E-state index contributed by atoms with van der Waals surface area (Å²) in [4.78, 5) is 71.9. The van der Waals surface area contributed by atoms with Gasteiger partial charge in [-0.3, -0.25) is 19.2 Å². The van der Waals surface area contributed by atoms with Gasteiger partial charge in [0.2, 0.25) is 5.79 Å².